The van der Waals surface area contributed by atoms with Gasteiger partial charge < -0.3 is 5.32 Å². The van der Waals surface area contributed by atoms with Gasteiger partial charge in [0.2, 0.25) is 0 Å². The van der Waals surface area contributed by atoms with Gasteiger partial charge in [-0.3, -0.25) is 4.68 Å². The summed E-state index contributed by atoms with van der Waals surface area (Å²) in [7, 11) is 1.96. The molecule has 0 aliphatic heterocycles. The van der Waals surface area contributed by atoms with E-state index in [9.17, 15) is 0 Å². The number of hydrogen-bond acceptors (Lipinski definition) is 2. The smallest absolute Gasteiger partial charge is 0.0637 e. The molecule has 1 aromatic heterocycles. The first-order valence-corrected chi connectivity index (χ1v) is 7.08. The van der Waals surface area contributed by atoms with Gasteiger partial charge in [0.05, 0.1) is 5.69 Å². The van der Waals surface area contributed by atoms with Crippen LogP contribution in [0.15, 0.2) is 42.6 Å². The van der Waals surface area contributed by atoms with Crippen LogP contribution in [0.5, 0.6) is 0 Å². The second-order valence-corrected chi connectivity index (χ2v) is 4.92. The van der Waals surface area contributed by atoms with Crippen molar-refractivity contribution in [1.82, 2.24) is 15.1 Å². The van der Waals surface area contributed by atoms with E-state index in [2.05, 4.69) is 46.8 Å². The van der Waals surface area contributed by atoms with E-state index in [-0.39, 0.29) is 0 Å². The van der Waals surface area contributed by atoms with Gasteiger partial charge in [-0.15, -0.1) is 0 Å². The van der Waals surface area contributed by atoms with Crippen LogP contribution in [0, 0.1) is 0 Å². The minimum absolute atomic E-state index is 1.01. The first-order chi connectivity index (χ1) is 9.34. The molecular formula is C16H23N3. The summed E-state index contributed by atoms with van der Waals surface area (Å²) in [5.74, 6) is 0. The first kappa shape index (κ1) is 13.8. The van der Waals surface area contributed by atoms with Gasteiger partial charge in [-0.1, -0.05) is 30.3 Å². The van der Waals surface area contributed by atoms with Crippen LogP contribution < -0.4 is 5.32 Å². The molecule has 0 atom stereocenters. The lowest BCUT2D eigenvalue weighted by molar-refractivity contribution is 0.615. The van der Waals surface area contributed by atoms with Crippen LogP contribution in [0.1, 0.15) is 24.1 Å². The predicted octanol–water partition coefficient (Wildman–Crippen LogP) is 2.58. The summed E-state index contributed by atoms with van der Waals surface area (Å²) in [6.07, 6.45) is 6.68. The van der Waals surface area contributed by atoms with Crippen LogP contribution in [0.25, 0.3) is 0 Å². The number of unbranched alkanes of at least 4 members (excludes halogenated alkanes) is 1. The van der Waals surface area contributed by atoms with Gasteiger partial charge >= 0.3 is 0 Å². The average molecular weight is 257 g/mol. The fourth-order valence-corrected chi connectivity index (χ4v) is 2.16. The highest BCUT2D eigenvalue weighted by Gasteiger charge is 1.96. The Balaban J connectivity index is 1.48. The summed E-state index contributed by atoms with van der Waals surface area (Å²) < 4.78 is 1.86. The molecule has 0 amide bonds. The fourth-order valence-electron chi connectivity index (χ4n) is 2.16. The Kier molecular flexibility index (Phi) is 5.63. The molecule has 1 N–H and O–H groups in total. The summed E-state index contributed by atoms with van der Waals surface area (Å²) in [6.45, 7) is 2.11. The Morgan fingerprint density at radius 2 is 1.84 bits per heavy atom. The summed E-state index contributed by atoms with van der Waals surface area (Å²) >= 11 is 0. The molecule has 2 aromatic rings. The maximum Gasteiger partial charge on any atom is 0.0637 e. The fraction of sp³-hybridized carbons (Fsp3) is 0.438. The molecule has 0 unspecified atom stereocenters. The number of nitrogens with one attached hydrogen (secondary N) is 1. The Morgan fingerprint density at radius 1 is 1.00 bits per heavy atom. The minimum atomic E-state index is 1.01. The number of hydrogen-bond donors (Lipinski definition) is 1. The summed E-state index contributed by atoms with van der Waals surface area (Å²) in [4.78, 5) is 0. The zero-order valence-electron chi connectivity index (χ0n) is 11.7. The topological polar surface area (TPSA) is 29.9 Å². The molecular weight excluding hydrogens is 234 g/mol. The van der Waals surface area contributed by atoms with Crippen molar-refractivity contribution in [2.45, 2.75) is 25.7 Å². The molecule has 1 aromatic carbocycles. The highest BCUT2D eigenvalue weighted by atomic mass is 15.2. The molecule has 19 heavy (non-hydrogen) atoms. The molecule has 1 heterocycles. The van der Waals surface area contributed by atoms with E-state index in [1.165, 1.54) is 30.5 Å². The molecule has 3 nitrogen and oxygen atoms in total. The lowest BCUT2D eigenvalue weighted by Crippen LogP contribution is -2.18. The number of nitrogens with zero attached hydrogens (tertiary/aromatic N) is 2. The Morgan fingerprint density at radius 3 is 2.58 bits per heavy atom. The molecule has 102 valence electrons. The lowest BCUT2D eigenvalue weighted by Gasteiger charge is -2.04. The summed E-state index contributed by atoms with van der Waals surface area (Å²) in [5, 5.41) is 7.84. The first-order valence-electron chi connectivity index (χ1n) is 7.08. The Labute approximate surface area is 115 Å². The quantitative estimate of drug-likeness (QED) is 0.737. The van der Waals surface area contributed by atoms with Gasteiger partial charge in [0.25, 0.3) is 0 Å². The highest BCUT2D eigenvalue weighted by Crippen LogP contribution is 2.03. The van der Waals surface area contributed by atoms with Crippen molar-refractivity contribution in [2.75, 3.05) is 13.1 Å². The normalized spacial score (nSPS) is 10.8. The van der Waals surface area contributed by atoms with Crippen molar-refractivity contribution in [1.29, 1.82) is 0 Å². The number of rotatable bonds is 8. The molecule has 0 aliphatic rings. The van der Waals surface area contributed by atoms with Crippen molar-refractivity contribution in [3.63, 3.8) is 0 Å². The minimum Gasteiger partial charge on any atom is -0.316 e. The van der Waals surface area contributed by atoms with Crippen molar-refractivity contribution in [3.8, 4) is 0 Å². The van der Waals surface area contributed by atoms with Crippen LogP contribution in [0.3, 0.4) is 0 Å². The molecule has 3 heteroatoms. The summed E-state index contributed by atoms with van der Waals surface area (Å²) in [6, 6.07) is 12.8. The molecule has 0 saturated carbocycles. The SMILES string of the molecule is Cn1ccc(CCNCCCCc2ccccc2)n1. The second-order valence-electron chi connectivity index (χ2n) is 4.92. The maximum atomic E-state index is 4.36. The van der Waals surface area contributed by atoms with E-state index in [4.69, 9.17) is 0 Å². The van der Waals surface area contributed by atoms with Gasteiger partial charge in [-0.25, -0.2) is 0 Å². The van der Waals surface area contributed by atoms with Gasteiger partial charge in [0.1, 0.15) is 0 Å². The van der Waals surface area contributed by atoms with Crippen molar-refractivity contribution >= 4 is 0 Å². The molecule has 0 spiro atoms. The zero-order valence-corrected chi connectivity index (χ0v) is 11.7. The second kappa shape index (κ2) is 7.74. The van der Waals surface area contributed by atoms with Gasteiger partial charge in [-0.2, -0.15) is 5.10 Å². The van der Waals surface area contributed by atoms with Crippen LogP contribution in [0.2, 0.25) is 0 Å². The highest BCUT2D eigenvalue weighted by molar-refractivity contribution is 5.14. The Bertz CT molecular complexity index is 462. The van der Waals surface area contributed by atoms with E-state index in [1.807, 2.05) is 17.9 Å². The van der Waals surface area contributed by atoms with Crippen molar-refractivity contribution in [3.05, 3.63) is 53.9 Å². The van der Waals surface area contributed by atoms with Crippen LogP contribution >= 0.6 is 0 Å². The van der Waals surface area contributed by atoms with Crippen molar-refractivity contribution in [2.24, 2.45) is 7.05 Å². The lowest BCUT2D eigenvalue weighted by atomic mass is 10.1. The molecule has 0 bridgehead atoms. The van der Waals surface area contributed by atoms with E-state index in [0.29, 0.717) is 0 Å². The van der Waals surface area contributed by atoms with Crippen LogP contribution in [-0.2, 0) is 19.9 Å². The van der Waals surface area contributed by atoms with E-state index in [0.717, 1.165) is 19.5 Å². The van der Waals surface area contributed by atoms with E-state index >= 15 is 0 Å². The summed E-state index contributed by atoms with van der Waals surface area (Å²) in [5.41, 5.74) is 2.61. The maximum absolute atomic E-state index is 4.36. The molecule has 2 rings (SSSR count). The predicted molar refractivity (Wildman–Crippen MR) is 79.2 cm³/mol. The molecule has 0 saturated heterocycles. The molecule has 0 radical (unpaired) electrons. The number of aryl methyl sites for hydroxylation is 2. The van der Waals surface area contributed by atoms with Crippen LogP contribution in [-0.4, -0.2) is 22.9 Å². The largest absolute Gasteiger partial charge is 0.316 e. The van der Waals surface area contributed by atoms with E-state index < -0.39 is 0 Å². The molecule has 0 fully saturated rings. The Hall–Kier alpha value is -1.61. The average Bonchev–Trinajstić information content (AvgIpc) is 2.85. The third-order valence-electron chi connectivity index (χ3n) is 3.24. The third-order valence-corrected chi connectivity index (χ3v) is 3.24. The van der Waals surface area contributed by atoms with Gasteiger partial charge in [-0.05, 0) is 37.4 Å². The van der Waals surface area contributed by atoms with Crippen molar-refractivity contribution < 1.29 is 0 Å². The van der Waals surface area contributed by atoms with Gasteiger partial charge in [0.15, 0.2) is 0 Å². The monoisotopic (exact) mass is 257 g/mol. The number of benzene rings is 1. The van der Waals surface area contributed by atoms with E-state index in [1.54, 1.807) is 0 Å². The third kappa shape index (κ3) is 5.26. The van der Waals surface area contributed by atoms with Gasteiger partial charge in [0, 0.05) is 26.2 Å². The standard InChI is InChI=1S/C16H23N3/c1-19-14-11-16(18-19)10-13-17-12-6-5-9-15-7-3-2-4-8-15/h2-4,7-8,11,14,17H,5-6,9-10,12-13H2,1H3. The number of aromatic nitrogens is 2. The molecule has 0 aliphatic carbocycles. The van der Waals surface area contributed by atoms with Crippen LogP contribution in [0.4, 0.5) is 0 Å². The zero-order chi connectivity index (χ0) is 13.3.